The van der Waals surface area contributed by atoms with E-state index in [4.69, 9.17) is 12.2 Å². The van der Waals surface area contributed by atoms with Crippen LogP contribution in [0, 0.1) is 0 Å². The van der Waals surface area contributed by atoms with Gasteiger partial charge in [0.1, 0.15) is 0 Å². The number of hydrogen-bond acceptors (Lipinski definition) is 2. The van der Waals surface area contributed by atoms with Gasteiger partial charge in [-0.2, -0.15) is 0 Å². The van der Waals surface area contributed by atoms with Gasteiger partial charge < -0.3 is 5.32 Å². The molecule has 1 fully saturated rings. The van der Waals surface area contributed by atoms with Crippen molar-refractivity contribution in [2.75, 3.05) is 0 Å². The number of nitrogens with one attached hydrogen (secondary N) is 1. The zero-order valence-electron chi connectivity index (χ0n) is 5.52. The van der Waals surface area contributed by atoms with Gasteiger partial charge in [0.2, 0.25) is 0 Å². The monoisotopic (exact) mass is 143 g/mol. The fourth-order valence-electron chi connectivity index (χ4n) is 0.829. The van der Waals surface area contributed by atoms with Crippen LogP contribution in [0.5, 0.6) is 0 Å². The lowest BCUT2D eigenvalue weighted by atomic mass is 10.0. The Hall–Kier alpha value is -0.440. The van der Waals surface area contributed by atoms with Crippen molar-refractivity contribution in [1.82, 2.24) is 5.32 Å². The molecule has 0 amide bonds. The van der Waals surface area contributed by atoms with E-state index in [1.807, 2.05) is 13.8 Å². The first kappa shape index (κ1) is 6.68. The van der Waals surface area contributed by atoms with E-state index in [0.717, 1.165) is 0 Å². The van der Waals surface area contributed by atoms with Gasteiger partial charge in [0.25, 0.3) is 0 Å². The van der Waals surface area contributed by atoms with Gasteiger partial charge in [-0.3, -0.25) is 4.79 Å². The first-order chi connectivity index (χ1) is 4.02. The van der Waals surface area contributed by atoms with Gasteiger partial charge in [-0.05, 0) is 13.8 Å². The Balaban J connectivity index is 2.81. The summed E-state index contributed by atoms with van der Waals surface area (Å²) in [6.07, 6.45) is 0.419. The highest BCUT2D eigenvalue weighted by Crippen LogP contribution is 2.14. The quantitative estimate of drug-likeness (QED) is 0.505. The van der Waals surface area contributed by atoms with Gasteiger partial charge in [0.15, 0.2) is 5.78 Å². The molecular weight excluding hydrogens is 134 g/mol. The number of thiocarbonyl (C=S) groups is 1. The summed E-state index contributed by atoms with van der Waals surface area (Å²) in [6.45, 7) is 3.68. The second-order valence-corrected chi connectivity index (χ2v) is 3.27. The molecule has 1 N–H and O–H groups in total. The molecule has 0 aromatic rings. The fraction of sp³-hybridized carbons (Fsp3) is 0.667. The smallest absolute Gasteiger partial charge is 0.164 e. The summed E-state index contributed by atoms with van der Waals surface area (Å²) >= 11 is 4.81. The Morgan fingerprint density at radius 1 is 1.67 bits per heavy atom. The summed E-state index contributed by atoms with van der Waals surface area (Å²) in [5.41, 5.74) is -0.406. The number of rotatable bonds is 0. The van der Waals surface area contributed by atoms with Crippen LogP contribution < -0.4 is 5.32 Å². The second-order valence-electron chi connectivity index (χ2n) is 2.77. The van der Waals surface area contributed by atoms with Crippen molar-refractivity contribution in [1.29, 1.82) is 0 Å². The van der Waals surface area contributed by atoms with Gasteiger partial charge >= 0.3 is 0 Å². The largest absolute Gasteiger partial charge is 0.367 e. The van der Waals surface area contributed by atoms with Crippen LogP contribution in [0.4, 0.5) is 0 Å². The third-order valence-electron chi connectivity index (χ3n) is 1.47. The minimum Gasteiger partial charge on any atom is -0.367 e. The second kappa shape index (κ2) is 1.77. The molecule has 0 aliphatic carbocycles. The molecule has 0 aromatic carbocycles. The van der Waals surface area contributed by atoms with Crippen molar-refractivity contribution in [2.24, 2.45) is 0 Å². The average molecular weight is 143 g/mol. The number of hydrogen-bond donors (Lipinski definition) is 1. The predicted octanol–water partition coefficient (Wildman–Crippen LogP) is 0.655. The topological polar surface area (TPSA) is 29.1 Å². The van der Waals surface area contributed by atoms with Crippen molar-refractivity contribution in [3.8, 4) is 0 Å². The fourth-order valence-corrected chi connectivity index (χ4v) is 1.22. The van der Waals surface area contributed by atoms with E-state index in [9.17, 15) is 4.79 Å². The lowest BCUT2D eigenvalue weighted by Gasteiger charge is -2.14. The maximum Gasteiger partial charge on any atom is 0.164 e. The Bertz CT molecular complexity index is 174. The number of carbonyl (C=O) groups is 1. The summed E-state index contributed by atoms with van der Waals surface area (Å²) in [5.74, 6) is 0.188. The first-order valence-corrected chi connectivity index (χ1v) is 3.27. The molecule has 0 unspecified atom stereocenters. The highest BCUT2D eigenvalue weighted by Gasteiger charge is 2.34. The zero-order chi connectivity index (χ0) is 7.07. The third-order valence-corrected chi connectivity index (χ3v) is 1.72. The highest BCUT2D eigenvalue weighted by molar-refractivity contribution is 7.80. The van der Waals surface area contributed by atoms with Crippen molar-refractivity contribution in [3.05, 3.63) is 0 Å². The summed E-state index contributed by atoms with van der Waals surface area (Å²) in [4.78, 5) is 11.6. The maximum atomic E-state index is 11.0. The highest BCUT2D eigenvalue weighted by atomic mass is 32.1. The van der Waals surface area contributed by atoms with Crippen LogP contribution >= 0.6 is 12.2 Å². The number of carbonyl (C=O) groups excluding carboxylic acids is 1. The summed E-state index contributed by atoms with van der Waals surface area (Å²) in [5, 5.41) is 2.92. The van der Waals surface area contributed by atoms with Crippen LogP contribution in [-0.4, -0.2) is 16.3 Å². The van der Waals surface area contributed by atoms with Crippen LogP contribution in [0.2, 0.25) is 0 Å². The molecule has 2 nitrogen and oxygen atoms in total. The van der Waals surface area contributed by atoms with Crippen molar-refractivity contribution in [2.45, 2.75) is 25.8 Å². The zero-order valence-corrected chi connectivity index (χ0v) is 6.34. The lowest BCUT2D eigenvalue weighted by molar-refractivity contribution is -0.121. The van der Waals surface area contributed by atoms with E-state index >= 15 is 0 Å². The van der Waals surface area contributed by atoms with Crippen LogP contribution in [0.15, 0.2) is 0 Å². The maximum absolute atomic E-state index is 11.0. The van der Waals surface area contributed by atoms with E-state index in [2.05, 4.69) is 5.32 Å². The molecule has 0 saturated carbocycles. The third kappa shape index (κ3) is 1.10. The molecular formula is C6H9NOS. The normalized spacial score (nSPS) is 24.2. The molecule has 0 aromatic heterocycles. The molecule has 0 bridgehead atoms. The van der Waals surface area contributed by atoms with E-state index in [1.54, 1.807) is 0 Å². The van der Waals surface area contributed by atoms with Crippen LogP contribution in [0.3, 0.4) is 0 Å². The molecule has 9 heavy (non-hydrogen) atoms. The molecule has 1 saturated heterocycles. The Labute approximate surface area is 59.6 Å². The average Bonchev–Trinajstić information content (AvgIpc) is 1.79. The Morgan fingerprint density at radius 3 is 2.33 bits per heavy atom. The van der Waals surface area contributed by atoms with Gasteiger partial charge in [-0.1, -0.05) is 12.2 Å². The van der Waals surface area contributed by atoms with E-state index in [0.29, 0.717) is 11.4 Å². The predicted molar refractivity (Wildman–Crippen MR) is 39.4 cm³/mol. The van der Waals surface area contributed by atoms with Crippen molar-refractivity contribution >= 4 is 23.0 Å². The first-order valence-electron chi connectivity index (χ1n) is 2.87. The molecule has 0 radical (unpaired) electrons. The number of Topliss-reactive ketones (excluding diaryl/α,β-unsaturated/α-hetero) is 1. The van der Waals surface area contributed by atoms with E-state index < -0.39 is 5.54 Å². The molecule has 1 rings (SSSR count). The van der Waals surface area contributed by atoms with Gasteiger partial charge in [0.05, 0.1) is 16.9 Å². The van der Waals surface area contributed by atoms with E-state index in [-0.39, 0.29) is 5.78 Å². The van der Waals surface area contributed by atoms with Gasteiger partial charge in [-0.25, -0.2) is 0 Å². The van der Waals surface area contributed by atoms with Gasteiger partial charge in [-0.15, -0.1) is 0 Å². The van der Waals surface area contributed by atoms with Crippen molar-refractivity contribution < 1.29 is 4.79 Å². The molecule has 50 valence electrons. The summed E-state index contributed by atoms with van der Waals surface area (Å²) in [7, 11) is 0. The standard InChI is InChI=1S/C6H9NOS/c1-6(2)4(8)3-5(9)7-6/h3H2,1-2H3,(H,7,9). The molecule has 1 aliphatic rings. The molecule has 0 atom stereocenters. The number of ketones is 1. The van der Waals surface area contributed by atoms with E-state index in [1.165, 1.54) is 0 Å². The van der Waals surface area contributed by atoms with Crippen molar-refractivity contribution in [3.63, 3.8) is 0 Å². The molecule has 3 heteroatoms. The summed E-state index contributed by atoms with van der Waals surface area (Å²) < 4.78 is 0. The van der Waals surface area contributed by atoms with Crippen LogP contribution in [0.1, 0.15) is 20.3 Å². The molecule has 1 aliphatic heterocycles. The Morgan fingerprint density at radius 2 is 2.22 bits per heavy atom. The van der Waals surface area contributed by atoms with Crippen LogP contribution in [0.25, 0.3) is 0 Å². The molecule has 1 heterocycles. The summed E-state index contributed by atoms with van der Waals surface area (Å²) in [6, 6.07) is 0. The Kier molecular flexibility index (Phi) is 1.31. The SMILES string of the molecule is CC1(C)NC(=S)CC1=O. The van der Waals surface area contributed by atoms with Gasteiger partial charge in [0, 0.05) is 0 Å². The minimum absolute atomic E-state index is 0.188. The minimum atomic E-state index is -0.406. The van der Waals surface area contributed by atoms with Crippen LogP contribution in [-0.2, 0) is 4.79 Å². The molecule has 0 spiro atoms. The lowest BCUT2D eigenvalue weighted by Crippen LogP contribution is -2.39.